The van der Waals surface area contributed by atoms with Crippen molar-refractivity contribution >= 4 is 0 Å². The molecule has 2 fully saturated rings. The molecule has 0 aromatic rings. The SMILES string of the molecule is CC1C(F)CC(F)(CCC2C(F)CC(C)(F)CC2F)CC1F. The number of hydrogen-bond acceptors (Lipinski definition) is 0. The van der Waals surface area contributed by atoms with E-state index >= 15 is 0 Å². The molecule has 0 spiro atoms. The lowest BCUT2D eigenvalue weighted by molar-refractivity contribution is -0.0492. The van der Waals surface area contributed by atoms with E-state index in [-0.39, 0.29) is 12.8 Å². The van der Waals surface area contributed by atoms with Crippen LogP contribution in [-0.4, -0.2) is 36.0 Å². The Bertz CT molecular complexity index is 359. The van der Waals surface area contributed by atoms with Crippen LogP contribution in [0.25, 0.3) is 0 Å². The van der Waals surface area contributed by atoms with Crippen LogP contribution in [0, 0.1) is 11.8 Å². The summed E-state index contributed by atoms with van der Waals surface area (Å²) >= 11 is 0. The first-order chi connectivity index (χ1) is 10.0. The van der Waals surface area contributed by atoms with Gasteiger partial charge < -0.3 is 0 Å². The number of hydrogen-bond donors (Lipinski definition) is 0. The maximum absolute atomic E-state index is 14.6. The van der Waals surface area contributed by atoms with Crippen molar-refractivity contribution in [3.63, 3.8) is 0 Å². The van der Waals surface area contributed by atoms with Gasteiger partial charge in [-0.05, 0) is 19.8 Å². The quantitative estimate of drug-likeness (QED) is 0.608. The molecule has 2 saturated carbocycles. The van der Waals surface area contributed by atoms with E-state index in [0.717, 1.165) is 6.92 Å². The standard InChI is InChI=1S/C16H24F6/c1-9-11(17)7-16(22,8-12(9)18)4-3-10-13(19)5-15(2,21)6-14(10)20/h9-14H,3-8H2,1-2H3. The lowest BCUT2D eigenvalue weighted by Crippen LogP contribution is -2.45. The van der Waals surface area contributed by atoms with Crippen LogP contribution in [0.2, 0.25) is 0 Å². The lowest BCUT2D eigenvalue weighted by atomic mass is 9.72. The van der Waals surface area contributed by atoms with Crippen molar-refractivity contribution < 1.29 is 26.3 Å². The summed E-state index contributed by atoms with van der Waals surface area (Å²) in [5.41, 5.74) is -3.96. The summed E-state index contributed by atoms with van der Waals surface area (Å²) in [4.78, 5) is 0. The van der Waals surface area contributed by atoms with Crippen molar-refractivity contribution in [2.75, 3.05) is 0 Å². The van der Waals surface area contributed by atoms with Crippen LogP contribution in [0.1, 0.15) is 52.4 Å². The first-order valence-electron chi connectivity index (χ1n) is 7.97. The lowest BCUT2D eigenvalue weighted by Gasteiger charge is -2.40. The van der Waals surface area contributed by atoms with Gasteiger partial charge in [0.1, 0.15) is 36.0 Å². The largest absolute Gasteiger partial charge is 0.247 e. The van der Waals surface area contributed by atoms with Crippen LogP contribution >= 0.6 is 0 Å². The maximum Gasteiger partial charge on any atom is 0.116 e. The second kappa shape index (κ2) is 6.23. The molecule has 0 aromatic heterocycles. The highest BCUT2D eigenvalue weighted by molar-refractivity contribution is 4.98. The normalized spacial score (nSPS) is 53.5. The molecule has 0 aromatic carbocycles. The number of halogens is 6. The zero-order valence-corrected chi connectivity index (χ0v) is 13.0. The minimum atomic E-state index is -2.07. The van der Waals surface area contributed by atoms with E-state index in [1.165, 1.54) is 6.92 Å². The van der Waals surface area contributed by atoms with Crippen molar-refractivity contribution in [2.45, 2.75) is 88.4 Å². The molecule has 0 saturated heterocycles. The minimum absolute atomic E-state index is 0.150. The summed E-state index contributed by atoms with van der Waals surface area (Å²) in [6.07, 6.45) is -8.67. The van der Waals surface area contributed by atoms with Gasteiger partial charge in [-0.15, -0.1) is 0 Å². The fourth-order valence-electron chi connectivity index (χ4n) is 3.80. The second-order valence-corrected chi connectivity index (χ2v) is 7.51. The highest BCUT2D eigenvalue weighted by Gasteiger charge is 2.48. The molecule has 0 N–H and O–H groups in total. The molecule has 4 unspecified atom stereocenters. The summed E-state index contributed by atoms with van der Waals surface area (Å²) < 4.78 is 83.5. The molecule has 2 rings (SSSR count). The topological polar surface area (TPSA) is 0 Å². The van der Waals surface area contributed by atoms with Crippen molar-refractivity contribution in [3.05, 3.63) is 0 Å². The van der Waals surface area contributed by atoms with Gasteiger partial charge in [0.05, 0.1) is 0 Å². The van der Waals surface area contributed by atoms with Crippen molar-refractivity contribution in [1.82, 2.24) is 0 Å². The van der Waals surface area contributed by atoms with Gasteiger partial charge in [0.15, 0.2) is 0 Å². The predicted octanol–water partition coefficient (Wildman–Crippen LogP) is 5.40. The van der Waals surface area contributed by atoms with E-state index in [0.29, 0.717) is 0 Å². The van der Waals surface area contributed by atoms with E-state index in [1.807, 2.05) is 0 Å². The van der Waals surface area contributed by atoms with Gasteiger partial charge >= 0.3 is 0 Å². The third-order valence-corrected chi connectivity index (χ3v) is 5.36. The summed E-state index contributed by atoms with van der Waals surface area (Å²) in [6.45, 7) is 2.55. The smallest absolute Gasteiger partial charge is 0.116 e. The average molecular weight is 330 g/mol. The predicted molar refractivity (Wildman–Crippen MR) is 73.3 cm³/mol. The van der Waals surface area contributed by atoms with Crippen molar-refractivity contribution in [1.29, 1.82) is 0 Å². The molecule has 4 atom stereocenters. The molecule has 0 bridgehead atoms. The van der Waals surface area contributed by atoms with E-state index in [2.05, 4.69) is 0 Å². The Labute approximate surface area is 127 Å². The molecule has 0 aliphatic heterocycles. The van der Waals surface area contributed by atoms with Crippen LogP contribution in [0.3, 0.4) is 0 Å². The minimum Gasteiger partial charge on any atom is -0.247 e. The van der Waals surface area contributed by atoms with E-state index < -0.39 is 73.5 Å². The van der Waals surface area contributed by atoms with Crippen LogP contribution < -0.4 is 0 Å². The van der Waals surface area contributed by atoms with Gasteiger partial charge in [-0.2, -0.15) is 0 Å². The van der Waals surface area contributed by atoms with Gasteiger partial charge in [0.2, 0.25) is 0 Å². The second-order valence-electron chi connectivity index (χ2n) is 7.51. The van der Waals surface area contributed by atoms with Gasteiger partial charge in [0, 0.05) is 37.5 Å². The molecule has 0 heterocycles. The highest BCUT2D eigenvalue weighted by atomic mass is 19.2. The fourth-order valence-corrected chi connectivity index (χ4v) is 3.80. The molecule has 130 valence electrons. The van der Waals surface area contributed by atoms with Gasteiger partial charge in [-0.25, -0.2) is 26.3 Å². The number of rotatable bonds is 3. The first kappa shape index (κ1) is 17.9. The zero-order valence-electron chi connectivity index (χ0n) is 13.0. The Morgan fingerprint density at radius 1 is 0.818 bits per heavy atom. The van der Waals surface area contributed by atoms with Gasteiger partial charge in [-0.3, -0.25) is 0 Å². The Kier molecular flexibility index (Phi) is 5.08. The summed E-state index contributed by atoms with van der Waals surface area (Å²) in [5.74, 6) is -1.94. The molecule has 2 aliphatic rings. The molecular weight excluding hydrogens is 306 g/mol. The van der Waals surface area contributed by atoms with Crippen molar-refractivity contribution in [2.24, 2.45) is 11.8 Å². The van der Waals surface area contributed by atoms with Crippen LogP contribution in [0.5, 0.6) is 0 Å². The van der Waals surface area contributed by atoms with Gasteiger partial charge in [0.25, 0.3) is 0 Å². The molecule has 22 heavy (non-hydrogen) atoms. The highest BCUT2D eigenvalue weighted by Crippen LogP contribution is 2.45. The molecule has 0 amide bonds. The monoisotopic (exact) mass is 330 g/mol. The molecular formula is C16H24F6. The number of alkyl halides is 6. The third-order valence-electron chi connectivity index (χ3n) is 5.36. The fraction of sp³-hybridized carbons (Fsp3) is 1.00. The Balaban J connectivity index is 1.94. The zero-order chi connectivity index (χ0) is 16.7. The summed E-state index contributed by atoms with van der Waals surface area (Å²) in [5, 5.41) is 0. The van der Waals surface area contributed by atoms with Gasteiger partial charge in [-0.1, -0.05) is 6.92 Å². The summed E-state index contributed by atoms with van der Waals surface area (Å²) in [7, 11) is 0. The van der Waals surface area contributed by atoms with Crippen LogP contribution in [0.15, 0.2) is 0 Å². The summed E-state index contributed by atoms with van der Waals surface area (Å²) in [6, 6.07) is 0. The van der Waals surface area contributed by atoms with E-state index in [1.54, 1.807) is 0 Å². The molecule has 0 nitrogen and oxygen atoms in total. The Morgan fingerprint density at radius 3 is 1.73 bits per heavy atom. The first-order valence-corrected chi connectivity index (χ1v) is 7.97. The third kappa shape index (κ3) is 3.91. The molecule has 2 aliphatic carbocycles. The van der Waals surface area contributed by atoms with Crippen LogP contribution in [-0.2, 0) is 0 Å². The van der Waals surface area contributed by atoms with E-state index in [9.17, 15) is 26.3 Å². The van der Waals surface area contributed by atoms with Crippen molar-refractivity contribution in [3.8, 4) is 0 Å². The molecule has 6 heteroatoms. The Hall–Kier alpha value is -0.420. The van der Waals surface area contributed by atoms with E-state index in [4.69, 9.17) is 0 Å². The van der Waals surface area contributed by atoms with Crippen LogP contribution in [0.4, 0.5) is 26.3 Å². The molecule has 0 radical (unpaired) electrons. The average Bonchev–Trinajstić information content (AvgIpc) is 2.33. The maximum atomic E-state index is 14.6. The Morgan fingerprint density at radius 2 is 1.27 bits per heavy atom.